The number of halogens is 2. The Morgan fingerprint density at radius 2 is 1.80 bits per heavy atom. The lowest BCUT2D eigenvalue weighted by atomic mass is 9.98. The second-order valence-electron chi connectivity index (χ2n) is 7.28. The van der Waals surface area contributed by atoms with Crippen LogP contribution in [0.5, 0.6) is 0 Å². The van der Waals surface area contributed by atoms with Crippen LogP contribution in [0.4, 0.5) is 5.82 Å². The molecule has 0 spiro atoms. The van der Waals surface area contributed by atoms with Crippen molar-refractivity contribution in [2.24, 2.45) is 0 Å². The highest BCUT2D eigenvalue weighted by molar-refractivity contribution is 5.94. The van der Waals surface area contributed by atoms with E-state index in [1.807, 2.05) is 24.1 Å². The molecule has 3 fully saturated rings. The first-order valence-corrected chi connectivity index (χ1v) is 8.95. The Hall–Kier alpha value is -1.04. The summed E-state index contributed by atoms with van der Waals surface area (Å²) in [5.41, 5.74) is 0.710. The number of nitrogens with one attached hydrogen (secondary N) is 1. The zero-order chi connectivity index (χ0) is 15.8. The molecule has 140 valence electrons. The number of anilines is 1. The third-order valence-corrected chi connectivity index (χ3v) is 5.74. The minimum atomic E-state index is 0. The average Bonchev–Trinajstić information content (AvgIpc) is 3.23. The molecule has 1 N–H and O–H groups in total. The molecular weight excluding hydrogens is 359 g/mol. The van der Waals surface area contributed by atoms with Crippen molar-refractivity contribution >= 4 is 36.5 Å². The van der Waals surface area contributed by atoms with Gasteiger partial charge in [-0.05, 0) is 50.7 Å². The van der Waals surface area contributed by atoms with E-state index < -0.39 is 0 Å². The second-order valence-corrected chi connectivity index (χ2v) is 7.28. The molecule has 1 aromatic rings. The summed E-state index contributed by atoms with van der Waals surface area (Å²) in [7, 11) is 1.95. The maximum absolute atomic E-state index is 12.8. The van der Waals surface area contributed by atoms with Gasteiger partial charge in [-0.1, -0.05) is 0 Å². The smallest absolute Gasteiger partial charge is 0.255 e. The van der Waals surface area contributed by atoms with Gasteiger partial charge in [-0.2, -0.15) is 0 Å². The van der Waals surface area contributed by atoms with Gasteiger partial charge in [-0.25, -0.2) is 4.98 Å². The Balaban J connectivity index is 0.00000113. The highest BCUT2D eigenvalue weighted by Crippen LogP contribution is 2.30. The summed E-state index contributed by atoms with van der Waals surface area (Å²) in [6.07, 6.45) is 8.91. The zero-order valence-corrected chi connectivity index (χ0v) is 16.3. The lowest BCUT2D eigenvalue weighted by Gasteiger charge is -2.35. The summed E-state index contributed by atoms with van der Waals surface area (Å²) in [5.74, 6) is 1.11. The third-order valence-electron chi connectivity index (χ3n) is 5.74. The largest absolute Gasteiger partial charge is 0.357 e. The number of fused-ring (bicyclic) bond motifs is 2. The van der Waals surface area contributed by atoms with Crippen molar-refractivity contribution in [3.05, 3.63) is 23.9 Å². The highest BCUT2D eigenvalue weighted by Gasteiger charge is 2.36. The minimum Gasteiger partial charge on any atom is -0.357 e. The summed E-state index contributed by atoms with van der Waals surface area (Å²) in [6.45, 7) is 2.16. The Morgan fingerprint density at radius 1 is 1.16 bits per heavy atom. The summed E-state index contributed by atoms with van der Waals surface area (Å²) >= 11 is 0. The summed E-state index contributed by atoms with van der Waals surface area (Å²) in [5, 5.41) is 3.64. The lowest BCUT2D eigenvalue weighted by molar-refractivity contribution is 0.0681. The molecule has 0 aromatic carbocycles. The number of carbonyl (C=O) groups excluding carboxylic acids is 1. The van der Waals surface area contributed by atoms with Crippen molar-refractivity contribution in [3.63, 3.8) is 0 Å². The van der Waals surface area contributed by atoms with Crippen molar-refractivity contribution in [1.82, 2.24) is 15.2 Å². The maximum Gasteiger partial charge on any atom is 0.255 e. The van der Waals surface area contributed by atoms with E-state index in [0.717, 1.165) is 31.7 Å². The van der Waals surface area contributed by atoms with Crippen LogP contribution < -0.4 is 10.2 Å². The number of aromatic nitrogens is 1. The van der Waals surface area contributed by atoms with Crippen LogP contribution in [-0.4, -0.2) is 54.1 Å². The van der Waals surface area contributed by atoms with Crippen LogP contribution in [0.2, 0.25) is 0 Å². The highest BCUT2D eigenvalue weighted by atomic mass is 35.5. The second kappa shape index (κ2) is 8.56. The van der Waals surface area contributed by atoms with Gasteiger partial charge >= 0.3 is 0 Å². The molecular formula is C18H28Cl2N4O. The van der Waals surface area contributed by atoms with Crippen LogP contribution in [0.1, 0.15) is 48.9 Å². The van der Waals surface area contributed by atoms with Gasteiger partial charge in [0, 0.05) is 44.5 Å². The number of amides is 1. The number of pyridine rings is 1. The topological polar surface area (TPSA) is 48.5 Å². The third kappa shape index (κ3) is 4.21. The van der Waals surface area contributed by atoms with Crippen molar-refractivity contribution in [2.75, 3.05) is 25.0 Å². The molecule has 5 nitrogen and oxygen atoms in total. The number of nitrogens with zero attached hydrogens (tertiary/aromatic N) is 3. The van der Waals surface area contributed by atoms with Crippen molar-refractivity contribution in [3.8, 4) is 0 Å². The number of hydrogen-bond acceptors (Lipinski definition) is 4. The van der Waals surface area contributed by atoms with E-state index in [2.05, 4.69) is 15.2 Å². The Kier molecular flexibility index (Phi) is 6.94. The Labute approximate surface area is 162 Å². The number of hydrogen-bond donors (Lipinski definition) is 1. The number of rotatable bonds is 3. The standard InChI is InChI=1S/C18H26N4O.2ClH/c1-21(16-10-14-5-6-15(11-16)20-14)18(23)13-4-7-17(19-12-13)22-8-2-3-9-22;;/h4,7,12,14-16,20H,2-3,5-6,8-11H2,1H3;2*1H. The molecule has 0 radical (unpaired) electrons. The molecule has 3 aliphatic rings. The molecule has 1 aromatic heterocycles. The molecule has 0 aliphatic carbocycles. The van der Waals surface area contributed by atoms with E-state index in [4.69, 9.17) is 0 Å². The fraction of sp³-hybridized carbons (Fsp3) is 0.667. The predicted octanol–water partition coefficient (Wildman–Crippen LogP) is 2.88. The summed E-state index contributed by atoms with van der Waals surface area (Å²) < 4.78 is 0. The number of carbonyl (C=O) groups is 1. The number of piperidine rings is 1. The first-order chi connectivity index (χ1) is 11.2. The van der Waals surface area contributed by atoms with Gasteiger partial charge in [-0.15, -0.1) is 24.8 Å². The maximum atomic E-state index is 12.8. The molecule has 4 heterocycles. The van der Waals surface area contributed by atoms with Crippen LogP contribution in [0.15, 0.2) is 18.3 Å². The van der Waals surface area contributed by atoms with Gasteiger partial charge in [-0.3, -0.25) is 4.79 Å². The van der Waals surface area contributed by atoms with Gasteiger partial charge in [0.1, 0.15) is 5.82 Å². The van der Waals surface area contributed by atoms with E-state index in [1.54, 1.807) is 6.20 Å². The van der Waals surface area contributed by atoms with E-state index in [9.17, 15) is 4.79 Å². The fourth-order valence-electron chi connectivity index (χ4n) is 4.36. The molecule has 4 rings (SSSR count). The van der Waals surface area contributed by atoms with E-state index in [1.165, 1.54) is 25.7 Å². The van der Waals surface area contributed by atoms with Crippen molar-refractivity contribution in [1.29, 1.82) is 0 Å². The summed E-state index contributed by atoms with van der Waals surface area (Å²) in [6, 6.07) is 5.50. The Morgan fingerprint density at radius 3 is 2.36 bits per heavy atom. The monoisotopic (exact) mass is 386 g/mol. The molecule has 7 heteroatoms. The summed E-state index contributed by atoms with van der Waals surface area (Å²) in [4.78, 5) is 21.5. The fourth-order valence-corrected chi connectivity index (χ4v) is 4.36. The minimum absolute atomic E-state index is 0. The predicted molar refractivity (Wildman–Crippen MR) is 105 cm³/mol. The zero-order valence-electron chi connectivity index (χ0n) is 14.7. The van der Waals surface area contributed by atoms with E-state index in [-0.39, 0.29) is 30.7 Å². The first kappa shape index (κ1) is 20.3. The molecule has 1 amide bonds. The molecule has 3 saturated heterocycles. The lowest BCUT2D eigenvalue weighted by Crippen LogP contribution is -2.48. The SMILES string of the molecule is CN(C(=O)c1ccc(N2CCCC2)nc1)C1CC2CCC(C1)N2.Cl.Cl. The van der Waals surface area contributed by atoms with Crippen LogP contribution in [0, 0.1) is 0 Å². The van der Waals surface area contributed by atoms with E-state index in [0.29, 0.717) is 23.7 Å². The molecule has 2 bridgehead atoms. The average molecular weight is 387 g/mol. The van der Waals surface area contributed by atoms with Crippen molar-refractivity contribution in [2.45, 2.75) is 56.7 Å². The molecule has 2 unspecified atom stereocenters. The van der Waals surface area contributed by atoms with E-state index >= 15 is 0 Å². The van der Waals surface area contributed by atoms with Gasteiger partial charge < -0.3 is 15.1 Å². The van der Waals surface area contributed by atoms with Gasteiger partial charge in [0.2, 0.25) is 0 Å². The van der Waals surface area contributed by atoms with Crippen LogP contribution in [-0.2, 0) is 0 Å². The van der Waals surface area contributed by atoms with Crippen LogP contribution in [0.3, 0.4) is 0 Å². The quantitative estimate of drug-likeness (QED) is 0.867. The molecule has 3 aliphatic heterocycles. The van der Waals surface area contributed by atoms with Crippen molar-refractivity contribution < 1.29 is 4.79 Å². The van der Waals surface area contributed by atoms with Gasteiger partial charge in [0.25, 0.3) is 5.91 Å². The molecule has 0 saturated carbocycles. The van der Waals surface area contributed by atoms with Gasteiger partial charge in [0.05, 0.1) is 5.56 Å². The van der Waals surface area contributed by atoms with Crippen LogP contribution in [0.25, 0.3) is 0 Å². The van der Waals surface area contributed by atoms with Crippen LogP contribution >= 0.6 is 24.8 Å². The Bertz CT molecular complexity index is 565. The van der Waals surface area contributed by atoms with Gasteiger partial charge in [0.15, 0.2) is 0 Å². The first-order valence-electron chi connectivity index (χ1n) is 8.95. The molecule has 2 atom stereocenters. The normalized spacial score (nSPS) is 27.4. The molecule has 25 heavy (non-hydrogen) atoms.